The number of piperazine rings is 1. The van der Waals surface area contributed by atoms with Crippen LogP contribution in [0.1, 0.15) is 12.5 Å². The highest BCUT2D eigenvalue weighted by molar-refractivity contribution is 5.80. The van der Waals surface area contributed by atoms with E-state index in [9.17, 15) is 14.9 Å². The van der Waals surface area contributed by atoms with E-state index < -0.39 is 11.0 Å². The van der Waals surface area contributed by atoms with Crippen molar-refractivity contribution in [1.29, 1.82) is 0 Å². The maximum atomic E-state index is 12.0. The number of nitrogens with zero attached hydrogens (tertiary/aromatic N) is 3. The van der Waals surface area contributed by atoms with E-state index in [1.165, 1.54) is 12.3 Å². The summed E-state index contributed by atoms with van der Waals surface area (Å²) in [5.74, 6) is 0.0709. The standard InChI is InChI=1S/C13H18N4O4/c1-3-21-13(18)11-8-14-4-5-16(11)12-6-10(17(19)20)9(2)7-15-12/h6-7,11,14H,3-5,8H2,1-2H3. The molecule has 2 heterocycles. The molecule has 0 aromatic carbocycles. The lowest BCUT2D eigenvalue weighted by atomic mass is 10.1. The molecule has 21 heavy (non-hydrogen) atoms. The third kappa shape index (κ3) is 3.27. The van der Waals surface area contributed by atoms with Crippen molar-refractivity contribution >= 4 is 17.5 Å². The van der Waals surface area contributed by atoms with Crippen LogP contribution in [-0.4, -0.2) is 48.2 Å². The Morgan fingerprint density at radius 1 is 1.67 bits per heavy atom. The van der Waals surface area contributed by atoms with Crippen LogP contribution >= 0.6 is 0 Å². The van der Waals surface area contributed by atoms with Gasteiger partial charge in [-0.15, -0.1) is 0 Å². The summed E-state index contributed by atoms with van der Waals surface area (Å²) in [6.07, 6.45) is 1.46. The highest BCUT2D eigenvalue weighted by atomic mass is 16.6. The number of carbonyl (C=O) groups excluding carboxylic acids is 1. The number of hydrogen-bond acceptors (Lipinski definition) is 7. The van der Waals surface area contributed by atoms with Crippen LogP contribution in [0, 0.1) is 17.0 Å². The van der Waals surface area contributed by atoms with Gasteiger partial charge >= 0.3 is 5.97 Å². The summed E-state index contributed by atoms with van der Waals surface area (Å²) in [6, 6.07) is 0.890. The van der Waals surface area contributed by atoms with Crippen molar-refractivity contribution in [3.05, 3.63) is 27.9 Å². The van der Waals surface area contributed by atoms with Crippen molar-refractivity contribution in [2.75, 3.05) is 31.1 Å². The lowest BCUT2D eigenvalue weighted by Gasteiger charge is -2.35. The van der Waals surface area contributed by atoms with Gasteiger partial charge in [-0.2, -0.15) is 0 Å². The lowest BCUT2D eigenvalue weighted by Crippen LogP contribution is -2.56. The molecule has 2 rings (SSSR count). The van der Waals surface area contributed by atoms with E-state index in [4.69, 9.17) is 4.74 Å². The van der Waals surface area contributed by atoms with E-state index in [2.05, 4.69) is 10.3 Å². The molecule has 1 fully saturated rings. The number of nitrogens with one attached hydrogen (secondary N) is 1. The highest BCUT2D eigenvalue weighted by Gasteiger charge is 2.31. The number of hydrogen-bond donors (Lipinski definition) is 1. The van der Waals surface area contributed by atoms with Crippen LogP contribution in [0.15, 0.2) is 12.3 Å². The second-order valence-electron chi connectivity index (χ2n) is 4.75. The first-order valence-corrected chi connectivity index (χ1v) is 6.79. The number of rotatable bonds is 4. The van der Waals surface area contributed by atoms with Gasteiger partial charge in [-0.1, -0.05) is 0 Å². The van der Waals surface area contributed by atoms with Gasteiger partial charge in [0.05, 0.1) is 17.6 Å². The molecule has 1 atom stereocenters. The van der Waals surface area contributed by atoms with Gasteiger partial charge < -0.3 is 15.0 Å². The number of carbonyl (C=O) groups is 1. The predicted octanol–water partition coefficient (Wildman–Crippen LogP) is 0.640. The Morgan fingerprint density at radius 2 is 2.43 bits per heavy atom. The number of aryl methyl sites for hydroxylation is 1. The average molecular weight is 294 g/mol. The average Bonchev–Trinajstić information content (AvgIpc) is 2.47. The molecule has 0 bridgehead atoms. The molecule has 0 radical (unpaired) electrons. The van der Waals surface area contributed by atoms with Gasteiger partial charge in [-0.25, -0.2) is 9.78 Å². The zero-order valence-corrected chi connectivity index (χ0v) is 12.0. The molecule has 1 aromatic rings. The minimum atomic E-state index is -0.520. The summed E-state index contributed by atoms with van der Waals surface area (Å²) in [5, 5.41) is 14.1. The van der Waals surface area contributed by atoms with Crippen molar-refractivity contribution in [2.45, 2.75) is 19.9 Å². The smallest absolute Gasteiger partial charge is 0.330 e. The molecule has 114 valence electrons. The number of ether oxygens (including phenoxy) is 1. The van der Waals surface area contributed by atoms with E-state index >= 15 is 0 Å². The summed E-state index contributed by atoms with van der Waals surface area (Å²) in [5.41, 5.74) is 0.493. The fraction of sp³-hybridized carbons (Fsp3) is 0.538. The topological polar surface area (TPSA) is 97.6 Å². The molecule has 0 saturated carbocycles. The Balaban J connectivity index is 2.31. The Labute approximate surface area is 122 Å². The van der Waals surface area contributed by atoms with Gasteiger partial charge in [0.25, 0.3) is 5.69 Å². The minimum Gasteiger partial charge on any atom is -0.464 e. The van der Waals surface area contributed by atoms with Gasteiger partial charge in [0.2, 0.25) is 0 Å². The number of pyridine rings is 1. The summed E-state index contributed by atoms with van der Waals surface area (Å²) < 4.78 is 5.05. The second kappa shape index (κ2) is 6.49. The SMILES string of the molecule is CCOC(=O)C1CNCCN1c1cc([N+](=O)[O-])c(C)cn1. The zero-order valence-electron chi connectivity index (χ0n) is 12.0. The van der Waals surface area contributed by atoms with Crippen molar-refractivity contribution in [1.82, 2.24) is 10.3 Å². The minimum absolute atomic E-state index is 0.00106. The van der Waals surface area contributed by atoms with E-state index in [0.717, 1.165) is 0 Å². The second-order valence-corrected chi connectivity index (χ2v) is 4.75. The fourth-order valence-electron chi connectivity index (χ4n) is 2.28. The van der Waals surface area contributed by atoms with Gasteiger partial charge in [0.15, 0.2) is 0 Å². The molecule has 8 heteroatoms. The van der Waals surface area contributed by atoms with E-state index in [1.54, 1.807) is 18.7 Å². The van der Waals surface area contributed by atoms with Crippen molar-refractivity contribution < 1.29 is 14.5 Å². The van der Waals surface area contributed by atoms with Crippen LogP contribution in [0.2, 0.25) is 0 Å². The molecule has 1 aromatic heterocycles. The molecule has 0 aliphatic carbocycles. The summed E-state index contributed by atoms with van der Waals surface area (Å²) >= 11 is 0. The number of aromatic nitrogens is 1. The van der Waals surface area contributed by atoms with E-state index in [0.29, 0.717) is 37.6 Å². The largest absolute Gasteiger partial charge is 0.464 e. The van der Waals surface area contributed by atoms with Crippen LogP contribution in [0.3, 0.4) is 0 Å². The van der Waals surface area contributed by atoms with Crippen LogP contribution in [0.4, 0.5) is 11.5 Å². The molecular formula is C13H18N4O4. The van der Waals surface area contributed by atoms with Gasteiger partial charge in [-0.05, 0) is 13.8 Å². The van der Waals surface area contributed by atoms with Gasteiger partial charge in [0, 0.05) is 31.4 Å². The van der Waals surface area contributed by atoms with E-state index in [-0.39, 0.29) is 11.7 Å². The third-order valence-electron chi connectivity index (χ3n) is 3.35. The number of anilines is 1. The fourth-order valence-corrected chi connectivity index (χ4v) is 2.28. The molecule has 1 aliphatic heterocycles. The van der Waals surface area contributed by atoms with Crippen molar-refractivity contribution in [3.8, 4) is 0 Å². The molecular weight excluding hydrogens is 276 g/mol. The first-order valence-electron chi connectivity index (χ1n) is 6.79. The number of nitro groups is 1. The summed E-state index contributed by atoms with van der Waals surface area (Å²) in [4.78, 5) is 28.6. The van der Waals surface area contributed by atoms with Crippen molar-refractivity contribution in [2.24, 2.45) is 0 Å². The molecule has 1 aliphatic rings. The zero-order chi connectivity index (χ0) is 15.4. The lowest BCUT2D eigenvalue weighted by molar-refractivity contribution is -0.385. The van der Waals surface area contributed by atoms with Crippen LogP contribution in [0.5, 0.6) is 0 Å². The molecule has 8 nitrogen and oxygen atoms in total. The quantitative estimate of drug-likeness (QED) is 0.494. The van der Waals surface area contributed by atoms with Gasteiger partial charge in [-0.3, -0.25) is 10.1 Å². The molecule has 1 unspecified atom stereocenters. The first kappa shape index (κ1) is 15.2. The highest BCUT2D eigenvalue weighted by Crippen LogP contribution is 2.24. The molecule has 0 amide bonds. The maximum Gasteiger partial charge on any atom is 0.330 e. The summed E-state index contributed by atoms with van der Waals surface area (Å²) in [7, 11) is 0. The Kier molecular flexibility index (Phi) is 4.69. The van der Waals surface area contributed by atoms with Crippen LogP contribution in [-0.2, 0) is 9.53 Å². The Bertz CT molecular complexity index is 549. The monoisotopic (exact) mass is 294 g/mol. The summed E-state index contributed by atoms with van der Waals surface area (Å²) in [6.45, 7) is 5.33. The van der Waals surface area contributed by atoms with Crippen LogP contribution in [0.25, 0.3) is 0 Å². The molecule has 1 N–H and O–H groups in total. The van der Waals surface area contributed by atoms with Crippen LogP contribution < -0.4 is 10.2 Å². The van der Waals surface area contributed by atoms with Crippen molar-refractivity contribution in [3.63, 3.8) is 0 Å². The predicted molar refractivity (Wildman–Crippen MR) is 76.3 cm³/mol. The Hall–Kier alpha value is -2.22. The molecule has 1 saturated heterocycles. The maximum absolute atomic E-state index is 12.0. The Morgan fingerprint density at radius 3 is 3.10 bits per heavy atom. The number of esters is 1. The normalized spacial score (nSPS) is 18.4. The van der Waals surface area contributed by atoms with E-state index in [1.807, 2.05) is 0 Å². The van der Waals surface area contributed by atoms with Gasteiger partial charge in [0.1, 0.15) is 11.9 Å². The molecule has 0 spiro atoms. The third-order valence-corrected chi connectivity index (χ3v) is 3.35. The first-order chi connectivity index (χ1) is 10.0.